The molecular formula is C11H14N2O. The molecule has 1 aromatic heterocycles. The lowest BCUT2D eigenvalue weighted by Gasteiger charge is -2.18. The van der Waals surface area contributed by atoms with Crippen molar-refractivity contribution in [2.75, 3.05) is 0 Å². The number of rotatable bonds is 2. The SMILES string of the molecule is OC(C1=CCCCC1)c1ccnnc1. The Bertz CT molecular complexity index is 321. The first-order valence-corrected chi connectivity index (χ1v) is 5.01. The summed E-state index contributed by atoms with van der Waals surface area (Å²) in [5.41, 5.74) is 1.97. The molecule has 1 heterocycles. The van der Waals surface area contributed by atoms with Crippen LogP contribution in [0.5, 0.6) is 0 Å². The van der Waals surface area contributed by atoms with Crippen LogP contribution in [0, 0.1) is 0 Å². The van der Waals surface area contributed by atoms with Gasteiger partial charge in [0, 0.05) is 11.8 Å². The first-order chi connectivity index (χ1) is 6.88. The Morgan fingerprint density at radius 1 is 1.29 bits per heavy atom. The molecule has 1 aliphatic rings. The van der Waals surface area contributed by atoms with E-state index >= 15 is 0 Å². The van der Waals surface area contributed by atoms with Gasteiger partial charge < -0.3 is 5.11 Å². The van der Waals surface area contributed by atoms with Gasteiger partial charge in [0.25, 0.3) is 0 Å². The van der Waals surface area contributed by atoms with E-state index in [0.29, 0.717) is 0 Å². The van der Waals surface area contributed by atoms with Crippen molar-refractivity contribution in [3.05, 3.63) is 35.7 Å². The second kappa shape index (κ2) is 4.33. The number of nitrogens with zero attached hydrogens (tertiary/aromatic N) is 2. The van der Waals surface area contributed by atoms with Gasteiger partial charge in [-0.05, 0) is 37.3 Å². The van der Waals surface area contributed by atoms with Crippen LogP contribution in [-0.2, 0) is 0 Å². The van der Waals surface area contributed by atoms with Crippen LogP contribution < -0.4 is 0 Å². The molecule has 0 bridgehead atoms. The maximum Gasteiger partial charge on any atom is 0.102 e. The molecule has 0 amide bonds. The van der Waals surface area contributed by atoms with Gasteiger partial charge in [0.15, 0.2) is 0 Å². The molecule has 1 atom stereocenters. The van der Waals surface area contributed by atoms with Crippen molar-refractivity contribution in [3.8, 4) is 0 Å². The second-order valence-corrected chi connectivity index (χ2v) is 3.60. The van der Waals surface area contributed by atoms with E-state index < -0.39 is 6.10 Å². The van der Waals surface area contributed by atoms with E-state index in [1.54, 1.807) is 12.4 Å². The van der Waals surface area contributed by atoms with E-state index in [9.17, 15) is 5.11 Å². The first-order valence-electron chi connectivity index (χ1n) is 5.01. The summed E-state index contributed by atoms with van der Waals surface area (Å²) in [6.45, 7) is 0. The predicted octanol–water partition coefficient (Wildman–Crippen LogP) is 2.01. The van der Waals surface area contributed by atoms with Gasteiger partial charge in [0.2, 0.25) is 0 Å². The van der Waals surface area contributed by atoms with Gasteiger partial charge in [-0.2, -0.15) is 10.2 Å². The third-order valence-corrected chi connectivity index (χ3v) is 2.60. The van der Waals surface area contributed by atoms with Crippen molar-refractivity contribution in [3.63, 3.8) is 0 Å². The van der Waals surface area contributed by atoms with Crippen molar-refractivity contribution in [2.45, 2.75) is 31.8 Å². The highest BCUT2D eigenvalue weighted by Gasteiger charge is 2.15. The maximum atomic E-state index is 10.0. The maximum absolute atomic E-state index is 10.0. The Labute approximate surface area is 83.5 Å². The fourth-order valence-electron chi connectivity index (χ4n) is 1.79. The van der Waals surface area contributed by atoms with Gasteiger partial charge in [-0.25, -0.2) is 0 Å². The van der Waals surface area contributed by atoms with Gasteiger partial charge in [-0.15, -0.1) is 0 Å². The Kier molecular flexibility index (Phi) is 2.89. The lowest BCUT2D eigenvalue weighted by Crippen LogP contribution is -2.05. The Morgan fingerprint density at radius 3 is 2.86 bits per heavy atom. The highest BCUT2D eigenvalue weighted by atomic mass is 16.3. The molecule has 0 saturated heterocycles. The molecule has 1 unspecified atom stereocenters. The number of hydrogen-bond acceptors (Lipinski definition) is 3. The van der Waals surface area contributed by atoms with E-state index in [2.05, 4.69) is 16.3 Å². The fraction of sp³-hybridized carbons (Fsp3) is 0.455. The molecule has 1 aromatic rings. The molecule has 0 radical (unpaired) electrons. The number of aliphatic hydroxyl groups excluding tert-OH is 1. The summed E-state index contributed by atoms with van der Waals surface area (Å²) in [4.78, 5) is 0. The van der Waals surface area contributed by atoms with E-state index in [1.807, 2.05) is 6.07 Å². The minimum absolute atomic E-state index is 0.481. The standard InChI is InChI=1S/C11H14N2O/c14-11(9-4-2-1-3-5-9)10-6-7-12-13-8-10/h4,6-8,11,14H,1-3,5H2. The number of allylic oxidation sites excluding steroid dienone is 1. The summed E-state index contributed by atoms with van der Waals surface area (Å²) in [7, 11) is 0. The van der Waals surface area contributed by atoms with E-state index in [0.717, 1.165) is 24.0 Å². The summed E-state index contributed by atoms with van der Waals surface area (Å²) in [6.07, 6.45) is 9.42. The summed E-state index contributed by atoms with van der Waals surface area (Å²) < 4.78 is 0. The van der Waals surface area contributed by atoms with Crippen molar-refractivity contribution < 1.29 is 5.11 Å². The average Bonchev–Trinajstić information content (AvgIpc) is 2.30. The summed E-state index contributed by atoms with van der Waals surface area (Å²) >= 11 is 0. The van der Waals surface area contributed by atoms with E-state index in [4.69, 9.17) is 0 Å². The Morgan fingerprint density at radius 2 is 2.21 bits per heavy atom. The molecule has 2 rings (SSSR count). The highest BCUT2D eigenvalue weighted by Crippen LogP contribution is 2.28. The molecule has 0 aromatic carbocycles. The van der Waals surface area contributed by atoms with Crippen LogP contribution in [0.25, 0.3) is 0 Å². The summed E-state index contributed by atoms with van der Waals surface area (Å²) in [5.74, 6) is 0. The molecule has 14 heavy (non-hydrogen) atoms. The first kappa shape index (κ1) is 9.34. The number of hydrogen-bond donors (Lipinski definition) is 1. The Balaban J connectivity index is 2.15. The lowest BCUT2D eigenvalue weighted by molar-refractivity contribution is 0.207. The third kappa shape index (κ3) is 1.99. The van der Waals surface area contributed by atoms with E-state index in [-0.39, 0.29) is 0 Å². The molecule has 1 N–H and O–H groups in total. The van der Waals surface area contributed by atoms with Gasteiger partial charge in [0.1, 0.15) is 6.10 Å². The number of aromatic nitrogens is 2. The normalized spacial score (nSPS) is 18.8. The third-order valence-electron chi connectivity index (χ3n) is 2.60. The van der Waals surface area contributed by atoms with Crippen LogP contribution in [0.1, 0.15) is 37.4 Å². The molecular weight excluding hydrogens is 176 g/mol. The molecule has 1 aliphatic carbocycles. The van der Waals surface area contributed by atoms with Gasteiger partial charge >= 0.3 is 0 Å². The molecule has 0 spiro atoms. The van der Waals surface area contributed by atoms with Crippen molar-refractivity contribution in [1.29, 1.82) is 0 Å². The molecule has 3 heteroatoms. The minimum atomic E-state index is -0.481. The van der Waals surface area contributed by atoms with Gasteiger partial charge in [0.05, 0.1) is 6.20 Å². The van der Waals surface area contributed by atoms with Crippen LogP contribution >= 0.6 is 0 Å². The highest BCUT2D eigenvalue weighted by molar-refractivity contribution is 5.22. The zero-order valence-corrected chi connectivity index (χ0v) is 8.06. The van der Waals surface area contributed by atoms with Crippen molar-refractivity contribution >= 4 is 0 Å². The predicted molar refractivity (Wildman–Crippen MR) is 53.5 cm³/mol. The van der Waals surface area contributed by atoms with Crippen molar-refractivity contribution in [1.82, 2.24) is 10.2 Å². The zero-order chi connectivity index (χ0) is 9.80. The van der Waals surface area contributed by atoms with Crippen LogP contribution in [-0.4, -0.2) is 15.3 Å². The van der Waals surface area contributed by atoms with Crippen LogP contribution in [0.2, 0.25) is 0 Å². The average molecular weight is 190 g/mol. The van der Waals surface area contributed by atoms with Crippen molar-refractivity contribution in [2.24, 2.45) is 0 Å². The molecule has 3 nitrogen and oxygen atoms in total. The monoisotopic (exact) mass is 190 g/mol. The Hall–Kier alpha value is -1.22. The number of aliphatic hydroxyl groups is 1. The largest absolute Gasteiger partial charge is 0.384 e. The molecule has 74 valence electrons. The van der Waals surface area contributed by atoms with Crippen LogP contribution in [0.15, 0.2) is 30.1 Å². The molecule has 0 aliphatic heterocycles. The topological polar surface area (TPSA) is 46.0 Å². The minimum Gasteiger partial charge on any atom is -0.384 e. The summed E-state index contributed by atoms with van der Waals surface area (Å²) in [5, 5.41) is 17.5. The molecule has 0 fully saturated rings. The zero-order valence-electron chi connectivity index (χ0n) is 8.06. The smallest absolute Gasteiger partial charge is 0.102 e. The fourth-order valence-corrected chi connectivity index (χ4v) is 1.79. The van der Waals surface area contributed by atoms with Gasteiger partial charge in [-0.3, -0.25) is 0 Å². The van der Waals surface area contributed by atoms with Crippen LogP contribution in [0.4, 0.5) is 0 Å². The lowest BCUT2D eigenvalue weighted by atomic mass is 9.93. The van der Waals surface area contributed by atoms with Crippen LogP contribution in [0.3, 0.4) is 0 Å². The van der Waals surface area contributed by atoms with Gasteiger partial charge in [-0.1, -0.05) is 6.08 Å². The second-order valence-electron chi connectivity index (χ2n) is 3.60. The van der Waals surface area contributed by atoms with E-state index in [1.165, 1.54) is 12.8 Å². The summed E-state index contributed by atoms with van der Waals surface area (Å²) in [6, 6.07) is 1.81. The quantitative estimate of drug-likeness (QED) is 0.725. The molecule has 0 saturated carbocycles.